The Kier molecular flexibility index (Phi) is 6.86. The summed E-state index contributed by atoms with van der Waals surface area (Å²) in [7, 11) is 0. The van der Waals surface area contributed by atoms with E-state index in [-0.39, 0.29) is 19.1 Å². The van der Waals surface area contributed by atoms with Crippen LogP contribution in [0.4, 0.5) is 0 Å². The van der Waals surface area contributed by atoms with Crippen LogP contribution in [0.15, 0.2) is 66.7 Å². The Morgan fingerprint density at radius 3 is 2.22 bits per heavy atom. The van der Waals surface area contributed by atoms with Gasteiger partial charge in [-0.25, -0.2) is 0 Å². The van der Waals surface area contributed by atoms with Crippen molar-refractivity contribution in [2.75, 3.05) is 13.2 Å². The monoisotopic (exact) mass is 541 g/mol. The molecule has 2 heterocycles. The summed E-state index contributed by atoms with van der Waals surface area (Å²) >= 11 is 12.4. The average Bonchev–Trinajstić information content (AvgIpc) is 3.37. The third kappa shape index (κ3) is 4.56. The largest absolute Gasteiger partial charge is 0.388 e. The van der Waals surface area contributed by atoms with Crippen LogP contribution in [0.3, 0.4) is 0 Å². The number of carbonyl (C=O) groups is 1. The summed E-state index contributed by atoms with van der Waals surface area (Å²) in [6.45, 7) is 5.62. The lowest BCUT2D eigenvalue weighted by Crippen LogP contribution is -2.51. The predicted octanol–water partition coefficient (Wildman–Crippen LogP) is 5.42. The van der Waals surface area contributed by atoms with Crippen LogP contribution in [0.5, 0.6) is 0 Å². The van der Waals surface area contributed by atoms with Gasteiger partial charge in [0, 0.05) is 26.7 Å². The predicted molar refractivity (Wildman–Crippen MR) is 142 cm³/mol. The van der Waals surface area contributed by atoms with E-state index in [1.165, 1.54) is 0 Å². The Morgan fingerprint density at radius 2 is 1.65 bits per heavy atom. The van der Waals surface area contributed by atoms with E-state index in [9.17, 15) is 15.0 Å². The standard InChI is InChI=1S/C29H29Cl2NO5/c1-17(18-4-9-21(30)10-5-18)32-27(34)23-14-20(28(2,3)35)8-13-24(23)29(32,19-6-11-22(31)12-7-19)37-26-16-36-15-25(26)33/h4-14,17,25-26,33,35H,15-16H2,1-3H3/t17-,25-,26?,29+/m0/s1. The third-order valence-corrected chi connectivity index (χ3v) is 7.68. The second-order valence-electron chi connectivity index (χ2n) is 10.1. The number of rotatable bonds is 6. The number of halogens is 2. The van der Waals surface area contributed by atoms with Gasteiger partial charge in [-0.05, 0) is 62.2 Å². The molecule has 0 radical (unpaired) electrons. The molecule has 37 heavy (non-hydrogen) atoms. The first-order chi connectivity index (χ1) is 17.5. The maximum absolute atomic E-state index is 14.3. The first kappa shape index (κ1) is 26.2. The van der Waals surface area contributed by atoms with Crippen LogP contribution in [0.25, 0.3) is 0 Å². The van der Waals surface area contributed by atoms with Crippen molar-refractivity contribution >= 4 is 29.1 Å². The van der Waals surface area contributed by atoms with E-state index in [2.05, 4.69) is 0 Å². The molecule has 0 spiro atoms. The quantitative estimate of drug-likeness (QED) is 0.435. The molecule has 2 N–H and O–H groups in total. The minimum Gasteiger partial charge on any atom is -0.388 e. The summed E-state index contributed by atoms with van der Waals surface area (Å²) in [6, 6.07) is 19.4. The highest BCUT2D eigenvalue weighted by molar-refractivity contribution is 6.30. The van der Waals surface area contributed by atoms with Crippen molar-refractivity contribution in [3.8, 4) is 0 Å². The zero-order valence-electron chi connectivity index (χ0n) is 20.8. The van der Waals surface area contributed by atoms with Crippen LogP contribution < -0.4 is 0 Å². The van der Waals surface area contributed by atoms with Crippen molar-refractivity contribution in [2.45, 2.75) is 50.3 Å². The molecule has 0 bridgehead atoms. The van der Waals surface area contributed by atoms with Crippen molar-refractivity contribution in [1.82, 2.24) is 4.90 Å². The summed E-state index contributed by atoms with van der Waals surface area (Å²) in [5, 5.41) is 22.5. The van der Waals surface area contributed by atoms with Gasteiger partial charge in [0.1, 0.15) is 12.2 Å². The number of fused-ring (bicyclic) bond motifs is 1. The number of carbonyl (C=O) groups excluding carboxylic acids is 1. The first-order valence-corrected chi connectivity index (χ1v) is 12.9. The molecule has 3 aromatic carbocycles. The van der Waals surface area contributed by atoms with Crippen molar-refractivity contribution in [1.29, 1.82) is 0 Å². The van der Waals surface area contributed by atoms with Gasteiger partial charge in [-0.3, -0.25) is 9.69 Å². The lowest BCUT2D eigenvalue weighted by atomic mass is 9.88. The van der Waals surface area contributed by atoms with Crippen molar-refractivity contribution in [2.24, 2.45) is 0 Å². The van der Waals surface area contributed by atoms with Gasteiger partial charge in [0.05, 0.1) is 24.9 Å². The summed E-state index contributed by atoms with van der Waals surface area (Å²) < 4.78 is 12.3. The molecular formula is C29H29Cl2NO5. The van der Waals surface area contributed by atoms with Crippen LogP contribution in [0.1, 0.15) is 59.4 Å². The smallest absolute Gasteiger partial charge is 0.257 e. The molecule has 1 saturated heterocycles. The van der Waals surface area contributed by atoms with Crippen LogP contribution in [0.2, 0.25) is 10.0 Å². The summed E-state index contributed by atoms with van der Waals surface area (Å²) in [5.74, 6) is -0.257. The minimum absolute atomic E-state index is 0.145. The summed E-state index contributed by atoms with van der Waals surface area (Å²) in [5.41, 5.74) is 0.641. The molecule has 1 unspecified atom stereocenters. The molecular weight excluding hydrogens is 513 g/mol. The highest BCUT2D eigenvalue weighted by Crippen LogP contribution is 2.51. The lowest BCUT2D eigenvalue weighted by Gasteiger charge is -2.44. The molecule has 1 fully saturated rings. The number of amides is 1. The molecule has 0 aliphatic carbocycles. The van der Waals surface area contributed by atoms with E-state index in [1.54, 1.807) is 55.1 Å². The molecule has 2 aliphatic rings. The minimum atomic E-state index is -1.40. The van der Waals surface area contributed by atoms with E-state index in [1.807, 2.05) is 37.3 Å². The molecule has 2 aliphatic heterocycles. The lowest BCUT2D eigenvalue weighted by molar-refractivity contribution is -0.172. The molecule has 0 saturated carbocycles. The van der Waals surface area contributed by atoms with Crippen LogP contribution >= 0.6 is 23.2 Å². The number of aliphatic hydroxyl groups excluding tert-OH is 1. The van der Waals surface area contributed by atoms with E-state index < -0.39 is 29.6 Å². The number of benzene rings is 3. The maximum atomic E-state index is 14.3. The van der Waals surface area contributed by atoms with Crippen LogP contribution in [-0.2, 0) is 20.8 Å². The number of hydrogen-bond donors (Lipinski definition) is 2. The van der Waals surface area contributed by atoms with Crippen LogP contribution in [0, 0.1) is 0 Å². The Balaban J connectivity index is 1.77. The fourth-order valence-corrected chi connectivity index (χ4v) is 5.40. The topological polar surface area (TPSA) is 79.2 Å². The third-order valence-electron chi connectivity index (χ3n) is 7.18. The van der Waals surface area contributed by atoms with Gasteiger partial charge in [0.25, 0.3) is 5.91 Å². The maximum Gasteiger partial charge on any atom is 0.257 e. The Morgan fingerprint density at radius 1 is 1.03 bits per heavy atom. The van der Waals surface area contributed by atoms with Gasteiger partial charge >= 0.3 is 0 Å². The molecule has 3 aromatic rings. The Bertz CT molecular complexity index is 1310. The van der Waals surface area contributed by atoms with E-state index in [4.69, 9.17) is 32.7 Å². The molecule has 6 nitrogen and oxygen atoms in total. The van der Waals surface area contributed by atoms with Crippen LogP contribution in [-0.4, -0.2) is 46.4 Å². The number of ether oxygens (including phenoxy) is 2. The molecule has 8 heteroatoms. The average molecular weight is 542 g/mol. The van der Waals surface area contributed by atoms with E-state index in [0.717, 1.165) is 5.56 Å². The van der Waals surface area contributed by atoms with Gasteiger partial charge < -0.3 is 19.7 Å². The molecule has 5 rings (SSSR count). The highest BCUT2D eigenvalue weighted by Gasteiger charge is 2.56. The van der Waals surface area contributed by atoms with Crippen molar-refractivity contribution in [3.05, 3.63) is 105 Å². The first-order valence-electron chi connectivity index (χ1n) is 12.2. The molecule has 1 amide bonds. The second kappa shape index (κ2) is 9.70. The van der Waals surface area contributed by atoms with Gasteiger partial charge in [-0.2, -0.15) is 0 Å². The molecule has 0 aromatic heterocycles. The SMILES string of the molecule is C[C@@H](c1ccc(Cl)cc1)N1C(=O)c2cc(C(C)(C)O)ccc2[C@]1(OC1COC[C@@H]1O)c1ccc(Cl)cc1. The zero-order chi connectivity index (χ0) is 26.5. The van der Waals surface area contributed by atoms with Crippen molar-refractivity contribution < 1.29 is 24.5 Å². The van der Waals surface area contributed by atoms with Gasteiger partial charge in [-0.15, -0.1) is 0 Å². The highest BCUT2D eigenvalue weighted by atomic mass is 35.5. The molecule has 194 valence electrons. The van der Waals surface area contributed by atoms with E-state index in [0.29, 0.717) is 32.3 Å². The fraction of sp³-hybridized carbons (Fsp3) is 0.345. The van der Waals surface area contributed by atoms with Gasteiger partial charge in [0.15, 0.2) is 5.72 Å². The normalized spacial score (nSPS) is 24.4. The van der Waals surface area contributed by atoms with E-state index >= 15 is 0 Å². The Labute approximate surface area is 226 Å². The van der Waals surface area contributed by atoms with Crippen molar-refractivity contribution in [3.63, 3.8) is 0 Å². The van der Waals surface area contributed by atoms with Gasteiger partial charge in [-0.1, -0.05) is 59.6 Å². The van der Waals surface area contributed by atoms with Gasteiger partial charge in [0.2, 0.25) is 0 Å². The zero-order valence-corrected chi connectivity index (χ0v) is 22.3. The number of nitrogens with zero attached hydrogens (tertiary/aromatic N) is 1. The number of aliphatic hydroxyl groups is 2. The Hall–Kier alpha value is -2.45. The summed E-state index contributed by atoms with van der Waals surface area (Å²) in [6.07, 6.45) is -1.53. The molecule has 4 atom stereocenters. The number of hydrogen-bond acceptors (Lipinski definition) is 5. The fourth-order valence-electron chi connectivity index (χ4n) is 5.15. The summed E-state index contributed by atoms with van der Waals surface area (Å²) in [4.78, 5) is 16.0. The second-order valence-corrected chi connectivity index (χ2v) is 11.0.